The van der Waals surface area contributed by atoms with Crippen LogP contribution >= 0.6 is 39.1 Å². The maximum Gasteiger partial charge on any atom is 0.162 e. The zero-order chi connectivity index (χ0) is 14.8. The van der Waals surface area contributed by atoms with E-state index in [0.717, 1.165) is 15.6 Å². The van der Waals surface area contributed by atoms with E-state index in [1.807, 2.05) is 54.6 Å². The molecule has 5 heteroatoms. The number of benzene rings is 2. The Balaban J connectivity index is 2.13. The van der Waals surface area contributed by atoms with Crippen molar-refractivity contribution in [2.45, 2.75) is 0 Å². The van der Waals surface area contributed by atoms with E-state index in [1.165, 1.54) is 0 Å². The third kappa shape index (κ3) is 3.10. The van der Waals surface area contributed by atoms with Gasteiger partial charge >= 0.3 is 0 Å². The molecule has 0 fully saturated rings. The largest absolute Gasteiger partial charge is 0.216 e. The highest BCUT2D eigenvalue weighted by atomic mass is 79.9. The molecule has 2 nitrogen and oxygen atoms in total. The van der Waals surface area contributed by atoms with E-state index < -0.39 is 0 Å². The van der Waals surface area contributed by atoms with Gasteiger partial charge in [0.25, 0.3) is 0 Å². The molecule has 0 amide bonds. The Labute approximate surface area is 140 Å². The molecule has 0 radical (unpaired) electrons. The molecule has 1 aromatic heterocycles. The van der Waals surface area contributed by atoms with Crippen molar-refractivity contribution in [3.8, 4) is 22.5 Å². The third-order valence-electron chi connectivity index (χ3n) is 2.97. The van der Waals surface area contributed by atoms with Gasteiger partial charge in [-0.15, -0.1) is 0 Å². The van der Waals surface area contributed by atoms with Gasteiger partial charge in [0.05, 0.1) is 5.56 Å². The lowest BCUT2D eigenvalue weighted by Crippen LogP contribution is -1.94. The second-order valence-electron chi connectivity index (χ2n) is 4.38. The van der Waals surface area contributed by atoms with Crippen molar-refractivity contribution in [2.24, 2.45) is 0 Å². The highest BCUT2D eigenvalue weighted by Gasteiger charge is 2.14. The predicted molar refractivity (Wildman–Crippen MR) is 90.6 cm³/mol. The summed E-state index contributed by atoms with van der Waals surface area (Å²) < 4.78 is 0.947. The lowest BCUT2D eigenvalue weighted by Gasteiger charge is -2.08. The van der Waals surface area contributed by atoms with Crippen LogP contribution in [-0.4, -0.2) is 9.97 Å². The van der Waals surface area contributed by atoms with Gasteiger partial charge in [-0.3, -0.25) is 0 Å². The predicted octanol–water partition coefficient (Wildman–Crippen LogP) is 5.88. The van der Waals surface area contributed by atoms with Gasteiger partial charge < -0.3 is 0 Å². The van der Waals surface area contributed by atoms with Crippen LogP contribution in [0.5, 0.6) is 0 Å². The van der Waals surface area contributed by atoms with Crippen molar-refractivity contribution < 1.29 is 0 Å². The first-order valence-electron chi connectivity index (χ1n) is 6.19. The van der Waals surface area contributed by atoms with E-state index in [0.29, 0.717) is 21.7 Å². The van der Waals surface area contributed by atoms with Gasteiger partial charge in [0.1, 0.15) is 10.3 Å². The molecule has 3 aromatic rings. The number of rotatable bonds is 2. The first-order chi connectivity index (χ1) is 10.1. The Kier molecular flexibility index (Phi) is 4.24. The van der Waals surface area contributed by atoms with Gasteiger partial charge in [0.2, 0.25) is 0 Å². The Morgan fingerprint density at radius 2 is 1.38 bits per heavy atom. The molecule has 0 unspecified atom stereocenters. The number of halogens is 3. The second kappa shape index (κ2) is 6.14. The Morgan fingerprint density at radius 3 is 2.00 bits per heavy atom. The standard InChI is InChI=1S/C16H9BrCl2N2/c17-12-8-4-7-11(9-12)16-20-14(18)13(15(19)21-16)10-5-2-1-3-6-10/h1-9H. The summed E-state index contributed by atoms with van der Waals surface area (Å²) >= 11 is 16.0. The van der Waals surface area contributed by atoms with E-state index in [-0.39, 0.29) is 0 Å². The van der Waals surface area contributed by atoms with Crippen molar-refractivity contribution in [3.63, 3.8) is 0 Å². The minimum Gasteiger partial charge on any atom is -0.216 e. The molecule has 0 atom stereocenters. The average Bonchev–Trinajstić information content (AvgIpc) is 2.47. The molecule has 0 N–H and O–H groups in total. The van der Waals surface area contributed by atoms with Crippen LogP contribution < -0.4 is 0 Å². The van der Waals surface area contributed by atoms with Crippen LogP contribution in [0.25, 0.3) is 22.5 Å². The molecule has 0 aliphatic carbocycles. The molecule has 0 aliphatic rings. The lowest BCUT2D eigenvalue weighted by molar-refractivity contribution is 1.18. The molecule has 2 aromatic carbocycles. The molecule has 1 heterocycles. The molecule has 0 aliphatic heterocycles. The van der Waals surface area contributed by atoms with Crippen molar-refractivity contribution in [2.75, 3.05) is 0 Å². The first-order valence-corrected chi connectivity index (χ1v) is 7.74. The molecule has 0 saturated heterocycles. The van der Waals surface area contributed by atoms with Gasteiger partial charge in [-0.1, -0.05) is 81.6 Å². The van der Waals surface area contributed by atoms with Crippen LogP contribution in [0.4, 0.5) is 0 Å². The quantitative estimate of drug-likeness (QED) is 0.519. The summed E-state index contributed by atoms with van der Waals surface area (Å²) in [7, 11) is 0. The SMILES string of the molecule is Clc1nc(-c2cccc(Br)c2)nc(Cl)c1-c1ccccc1. The third-order valence-corrected chi connectivity index (χ3v) is 4.01. The van der Waals surface area contributed by atoms with Crippen LogP contribution in [0.15, 0.2) is 59.1 Å². The summed E-state index contributed by atoms with van der Waals surface area (Å²) in [6.45, 7) is 0. The Hall–Kier alpha value is -1.42. The van der Waals surface area contributed by atoms with Crippen LogP contribution in [0.3, 0.4) is 0 Å². The summed E-state index contributed by atoms with van der Waals surface area (Å²) in [5.41, 5.74) is 2.40. The normalized spacial score (nSPS) is 10.6. The molecular formula is C16H9BrCl2N2. The number of aromatic nitrogens is 2. The molecular weight excluding hydrogens is 371 g/mol. The lowest BCUT2D eigenvalue weighted by atomic mass is 10.1. The minimum atomic E-state index is 0.344. The Morgan fingerprint density at radius 1 is 0.762 bits per heavy atom. The highest BCUT2D eigenvalue weighted by molar-refractivity contribution is 9.10. The highest BCUT2D eigenvalue weighted by Crippen LogP contribution is 2.34. The number of hydrogen-bond donors (Lipinski definition) is 0. The van der Waals surface area contributed by atoms with E-state index in [9.17, 15) is 0 Å². The van der Waals surface area contributed by atoms with Gasteiger partial charge in [-0.25, -0.2) is 9.97 Å². The van der Waals surface area contributed by atoms with Gasteiger partial charge in [0.15, 0.2) is 5.82 Å². The molecule has 104 valence electrons. The fraction of sp³-hybridized carbons (Fsp3) is 0. The van der Waals surface area contributed by atoms with Crippen LogP contribution in [-0.2, 0) is 0 Å². The zero-order valence-electron chi connectivity index (χ0n) is 10.7. The number of nitrogens with zero attached hydrogens (tertiary/aromatic N) is 2. The first kappa shape index (κ1) is 14.5. The molecule has 0 bridgehead atoms. The van der Waals surface area contributed by atoms with Crippen LogP contribution in [0.1, 0.15) is 0 Å². The average molecular weight is 380 g/mol. The summed E-state index contributed by atoms with van der Waals surface area (Å²) in [5, 5.41) is 0.687. The summed E-state index contributed by atoms with van der Waals surface area (Å²) in [6, 6.07) is 17.3. The minimum absolute atomic E-state index is 0.344. The maximum atomic E-state index is 6.31. The van der Waals surface area contributed by atoms with Crippen LogP contribution in [0, 0.1) is 0 Å². The molecule has 0 saturated carbocycles. The summed E-state index contributed by atoms with van der Waals surface area (Å²) in [5.74, 6) is 0.506. The summed E-state index contributed by atoms with van der Waals surface area (Å²) in [4.78, 5) is 8.74. The molecule has 3 rings (SSSR count). The number of hydrogen-bond acceptors (Lipinski definition) is 2. The zero-order valence-corrected chi connectivity index (χ0v) is 13.8. The van der Waals surface area contributed by atoms with Gasteiger partial charge in [0, 0.05) is 10.0 Å². The van der Waals surface area contributed by atoms with Crippen molar-refractivity contribution in [1.82, 2.24) is 9.97 Å². The molecule has 21 heavy (non-hydrogen) atoms. The fourth-order valence-corrected chi connectivity index (χ4v) is 3.01. The van der Waals surface area contributed by atoms with Crippen LogP contribution in [0.2, 0.25) is 10.3 Å². The maximum absolute atomic E-state index is 6.31. The smallest absolute Gasteiger partial charge is 0.162 e. The van der Waals surface area contributed by atoms with Crippen molar-refractivity contribution in [1.29, 1.82) is 0 Å². The van der Waals surface area contributed by atoms with E-state index in [4.69, 9.17) is 23.2 Å². The van der Waals surface area contributed by atoms with Gasteiger partial charge in [-0.2, -0.15) is 0 Å². The molecule has 0 spiro atoms. The van der Waals surface area contributed by atoms with Crippen molar-refractivity contribution in [3.05, 3.63) is 69.4 Å². The van der Waals surface area contributed by atoms with E-state index in [1.54, 1.807) is 0 Å². The Bertz CT molecular complexity index is 768. The van der Waals surface area contributed by atoms with E-state index >= 15 is 0 Å². The monoisotopic (exact) mass is 378 g/mol. The fourth-order valence-electron chi connectivity index (χ4n) is 2.01. The second-order valence-corrected chi connectivity index (χ2v) is 6.01. The topological polar surface area (TPSA) is 25.8 Å². The summed E-state index contributed by atoms with van der Waals surface area (Å²) in [6.07, 6.45) is 0. The van der Waals surface area contributed by atoms with E-state index in [2.05, 4.69) is 25.9 Å². The van der Waals surface area contributed by atoms with Crippen molar-refractivity contribution >= 4 is 39.1 Å². The van der Waals surface area contributed by atoms with Gasteiger partial charge in [-0.05, 0) is 17.7 Å².